The Hall–Kier alpha value is -1.82. The maximum Gasteiger partial charge on any atom is 0.254 e. The molecule has 2 aliphatic carbocycles. The number of hydrazone groups is 1. The van der Waals surface area contributed by atoms with Crippen molar-refractivity contribution in [3.8, 4) is 5.75 Å². The van der Waals surface area contributed by atoms with Crippen molar-refractivity contribution in [3.05, 3.63) is 72.6 Å². The molecular formula is C23H17FI2N2O3. The topological polar surface area (TPSA) is 59.0 Å². The minimum atomic E-state index is -0.295. The van der Waals surface area contributed by atoms with Gasteiger partial charge in [0, 0.05) is 0 Å². The van der Waals surface area contributed by atoms with E-state index in [-0.39, 0.29) is 47.9 Å². The molecule has 2 aromatic carbocycles. The number of amides is 2. The molecule has 4 atom stereocenters. The zero-order valence-corrected chi connectivity index (χ0v) is 20.5. The fourth-order valence-corrected chi connectivity index (χ4v) is 6.83. The zero-order chi connectivity index (χ0) is 21.7. The van der Waals surface area contributed by atoms with E-state index >= 15 is 0 Å². The van der Waals surface area contributed by atoms with Crippen LogP contribution < -0.4 is 4.74 Å². The van der Waals surface area contributed by atoms with Gasteiger partial charge in [-0.3, -0.25) is 9.59 Å². The fourth-order valence-electron chi connectivity index (χ4n) is 4.70. The Morgan fingerprint density at radius 1 is 1.06 bits per heavy atom. The molecule has 0 spiro atoms. The van der Waals surface area contributed by atoms with E-state index in [4.69, 9.17) is 4.74 Å². The number of carbonyl (C=O) groups is 2. The van der Waals surface area contributed by atoms with Gasteiger partial charge >= 0.3 is 0 Å². The Kier molecular flexibility index (Phi) is 5.61. The van der Waals surface area contributed by atoms with Gasteiger partial charge in [0.05, 0.1) is 25.2 Å². The van der Waals surface area contributed by atoms with Crippen molar-refractivity contribution in [1.29, 1.82) is 0 Å². The lowest BCUT2D eigenvalue weighted by Gasteiger charge is -2.13. The molecule has 1 aliphatic heterocycles. The lowest BCUT2D eigenvalue weighted by molar-refractivity contribution is -0.140. The largest absolute Gasteiger partial charge is 0.487 e. The van der Waals surface area contributed by atoms with Crippen molar-refractivity contribution < 1.29 is 18.7 Å². The second-order valence-corrected chi connectivity index (χ2v) is 10.3. The number of fused-ring (bicyclic) bond motifs is 5. The summed E-state index contributed by atoms with van der Waals surface area (Å²) in [6.45, 7) is 0.257. The number of rotatable bonds is 5. The number of imide groups is 1. The highest BCUT2D eigenvalue weighted by Gasteiger charge is 2.59. The predicted molar refractivity (Wildman–Crippen MR) is 130 cm³/mol. The number of benzene rings is 2. The van der Waals surface area contributed by atoms with Crippen molar-refractivity contribution in [2.75, 3.05) is 0 Å². The standard InChI is InChI=1S/C23H17FI2N2O3/c24-16-3-1-2-12(6-16)11-31-21-17(25)7-13(8-18(21)26)10-27-28-22(29)19-14-4-5-15(9-14)20(19)23(28)30/h1-8,10,14-15,19-20H,9,11H2/t14-,15-,19-,20+/m0/s1. The van der Waals surface area contributed by atoms with E-state index in [1.165, 1.54) is 12.1 Å². The van der Waals surface area contributed by atoms with E-state index < -0.39 is 0 Å². The summed E-state index contributed by atoms with van der Waals surface area (Å²) in [5, 5.41) is 5.29. The van der Waals surface area contributed by atoms with Crippen LogP contribution in [-0.4, -0.2) is 23.0 Å². The molecular weight excluding hydrogens is 625 g/mol. The van der Waals surface area contributed by atoms with Crippen LogP contribution in [0.25, 0.3) is 0 Å². The highest BCUT2D eigenvalue weighted by Crippen LogP contribution is 2.52. The van der Waals surface area contributed by atoms with Gasteiger partial charge in [0.1, 0.15) is 18.2 Å². The summed E-state index contributed by atoms with van der Waals surface area (Å²) in [5.74, 6) is -0.141. The van der Waals surface area contributed by atoms with Gasteiger partial charge in [-0.25, -0.2) is 4.39 Å². The average Bonchev–Trinajstić information content (AvgIpc) is 3.40. The fraction of sp³-hybridized carbons (Fsp3) is 0.261. The molecule has 1 saturated carbocycles. The van der Waals surface area contributed by atoms with Crippen molar-refractivity contribution in [2.24, 2.45) is 28.8 Å². The lowest BCUT2D eigenvalue weighted by Crippen LogP contribution is -2.28. The van der Waals surface area contributed by atoms with Crippen molar-refractivity contribution in [2.45, 2.75) is 13.0 Å². The van der Waals surface area contributed by atoms with Crippen molar-refractivity contribution in [3.63, 3.8) is 0 Å². The Bertz CT molecular complexity index is 1100. The normalized spacial score (nSPS) is 26.4. The van der Waals surface area contributed by atoms with Gasteiger partial charge < -0.3 is 4.74 Å². The van der Waals surface area contributed by atoms with E-state index in [0.29, 0.717) is 5.75 Å². The molecule has 158 valence electrons. The molecule has 2 fully saturated rings. The molecule has 0 unspecified atom stereocenters. The number of nitrogens with zero attached hydrogens (tertiary/aromatic N) is 2. The summed E-state index contributed by atoms with van der Waals surface area (Å²) >= 11 is 4.34. The lowest BCUT2D eigenvalue weighted by atomic mass is 9.85. The quantitative estimate of drug-likeness (QED) is 0.205. The van der Waals surface area contributed by atoms with Crippen LogP contribution in [-0.2, 0) is 16.2 Å². The molecule has 2 bridgehead atoms. The summed E-state index contributed by atoms with van der Waals surface area (Å²) in [5.41, 5.74) is 1.52. The van der Waals surface area contributed by atoms with E-state index in [1.807, 2.05) is 18.2 Å². The minimum Gasteiger partial charge on any atom is -0.487 e. The highest BCUT2D eigenvalue weighted by atomic mass is 127. The zero-order valence-electron chi connectivity index (χ0n) is 16.2. The molecule has 5 rings (SSSR count). The number of halogens is 3. The van der Waals surface area contributed by atoms with Crippen molar-refractivity contribution >= 4 is 63.2 Å². The van der Waals surface area contributed by atoms with Crippen LogP contribution in [0.3, 0.4) is 0 Å². The molecule has 0 N–H and O–H groups in total. The minimum absolute atomic E-state index is 0.170. The summed E-state index contributed by atoms with van der Waals surface area (Å²) in [6.07, 6.45) is 6.58. The number of carbonyl (C=O) groups excluding carboxylic acids is 2. The van der Waals surface area contributed by atoms with E-state index in [1.54, 1.807) is 12.3 Å². The van der Waals surface area contributed by atoms with Gasteiger partial charge in [0.2, 0.25) is 0 Å². The van der Waals surface area contributed by atoms with Crippen molar-refractivity contribution in [1.82, 2.24) is 5.01 Å². The van der Waals surface area contributed by atoms with Gasteiger partial charge in [-0.05, 0) is 98.8 Å². The first-order valence-corrected chi connectivity index (χ1v) is 12.0. The Labute approximate surface area is 206 Å². The number of ether oxygens (including phenoxy) is 1. The monoisotopic (exact) mass is 642 g/mol. The molecule has 0 radical (unpaired) electrons. The number of allylic oxidation sites excluding steroid dienone is 2. The second-order valence-electron chi connectivity index (χ2n) is 7.96. The van der Waals surface area contributed by atoms with E-state index in [9.17, 15) is 14.0 Å². The Morgan fingerprint density at radius 2 is 1.71 bits per heavy atom. The van der Waals surface area contributed by atoms with Gasteiger partial charge in [-0.2, -0.15) is 10.1 Å². The average molecular weight is 642 g/mol. The molecule has 8 heteroatoms. The van der Waals surface area contributed by atoms with Crippen LogP contribution in [0.5, 0.6) is 5.75 Å². The Morgan fingerprint density at radius 3 is 2.32 bits per heavy atom. The van der Waals surface area contributed by atoms with Crippen LogP contribution in [0.2, 0.25) is 0 Å². The second kappa shape index (κ2) is 8.27. The van der Waals surface area contributed by atoms with E-state index in [2.05, 4.69) is 62.4 Å². The highest BCUT2D eigenvalue weighted by molar-refractivity contribution is 14.1. The first-order chi connectivity index (χ1) is 14.9. The number of hydrogen-bond acceptors (Lipinski definition) is 4. The van der Waals surface area contributed by atoms with Gasteiger partial charge in [-0.1, -0.05) is 24.3 Å². The third kappa shape index (κ3) is 3.81. The summed E-state index contributed by atoms with van der Waals surface area (Å²) in [6, 6.07) is 10.1. The third-order valence-electron chi connectivity index (χ3n) is 6.06. The van der Waals surface area contributed by atoms with Crippen LogP contribution in [0.4, 0.5) is 4.39 Å². The first-order valence-electron chi connectivity index (χ1n) is 9.89. The van der Waals surface area contributed by atoms with Crippen LogP contribution in [0.1, 0.15) is 17.5 Å². The maximum absolute atomic E-state index is 13.4. The molecule has 2 amide bonds. The maximum atomic E-state index is 13.4. The van der Waals surface area contributed by atoms with Gasteiger partial charge in [0.25, 0.3) is 11.8 Å². The predicted octanol–water partition coefficient (Wildman–Crippen LogP) is 4.75. The molecule has 0 aromatic heterocycles. The summed E-state index contributed by atoms with van der Waals surface area (Å²) in [7, 11) is 0. The molecule has 31 heavy (non-hydrogen) atoms. The van der Waals surface area contributed by atoms with Gasteiger partial charge in [-0.15, -0.1) is 0 Å². The third-order valence-corrected chi connectivity index (χ3v) is 7.66. The molecule has 3 aliphatic rings. The molecule has 1 heterocycles. The van der Waals surface area contributed by atoms with Gasteiger partial charge in [0.15, 0.2) is 0 Å². The summed E-state index contributed by atoms with van der Waals surface area (Å²) in [4.78, 5) is 25.5. The summed E-state index contributed by atoms with van der Waals surface area (Å²) < 4.78 is 21.0. The number of hydrogen-bond donors (Lipinski definition) is 0. The first kappa shape index (κ1) is 21.0. The smallest absolute Gasteiger partial charge is 0.254 e. The van der Waals surface area contributed by atoms with E-state index in [0.717, 1.165) is 29.7 Å². The Balaban J connectivity index is 1.31. The van der Waals surface area contributed by atoms with Crippen LogP contribution >= 0.6 is 45.2 Å². The SMILES string of the molecule is O=C1[C@@H]2[C@H](C(=O)N1N=Cc1cc(I)c(OCc3cccc(F)c3)c(I)c1)[C@H]1C=C[C@H]2C1. The molecule has 1 saturated heterocycles. The van der Waals surface area contributed by atoms with Crippen LogP contribution in [0, 0.1) is 36.6 Å². The molecule has 5 nitrogen and oxygen atoms in total. The van der Waals surface area contributed by atoms with Crippen LogP contribution in [0.15, 0.2) is 53.7 Å². The molecule has 2 aromatic rings.